The summed E-state index contributed by atoms with van der Waals surface area (Å²) in [6.07, 6.45) is 2.61. The van der Waals surface area contributed by atoms with E-state index in [1.54, 1.807) is 0 Å². The second-order valence-electron chi connectivity index (χ2n) is 6.41. The van der Waals surface area contributed by atoms with E-state index in [2.05, 4.69) is 17.2 Å². The van der Waals surface area contributed by atoms with E-state index in [9.17, 15) is 4.79 Å². The fourth-order valence-corrected chi connectivity index (χ4v) is 4.27. The normalized spacial score (nSPS) is 24.0. The number of urea groups is 1. The molecule has 3 rings (SSSR count). The fourth-order valence-electron chi connectivity index (χ4n) is 3.38. The van der Waals surface area contributed by atoms with E-state index in [0.717, 1.165) is 25.0 Å². The first-order valence-corrected chi connectivity index (χ1v) is 9.11. The van der Waals surface area contributed by atoms with E-state index in [4.69, 9.17) is 9.47 Å². The topological polar surface area (TPSA) is 63.7 Å². The SMILES string of the molecule is CCc1nc(NC(=O)N2CC(C)OC3(CCOCC3)C2)sc1C. The number of carbonyl (C=O) groups is 1. The van der Waals surface area contributed by atoms with Gasteiger partial charge in [0.15, 0.2) is 5.13 Å². The first-order valence-electron chi connectivity index (χ1n) is 8.29. The molecule has 2 aliphatic rings. The van der Waals surface area contributed by atoms with Crippen LogP contribution in [-0.4, -0.2) is 53.9 Å². The van der Waals surface area contributed by atoms with Crippen LogP contribution in [-0.2, 0) is 15.9 Å². The molecule has 2 saturated heterocycles. The molecule has 0 bridgehead atoms. The van der Waals surface area contributed by atoms with Gasteiger partial charge in [0.05, 0.1) is 23.9 Å². The van der Waals surface area contributed by atoms with Crippen LogP contribution in [0.3, 0.4) is 0 Å². The van der Waals surface area contributed by atoms with Gasteiger partial charge in [-0.1, -0.05) is 6.92 Å². The van der Waals surface area contributed by atoms with Crippen LogP contribution in [0.25, 0.3) is 0 Å². The molecule has 6 nitrogen and oxygen atoms in total. The van der Waals surface area contributed by atoms with Gasteiger partial charge in [0.1, 0.15) is 0 Å². The number of amides is 2. The molecule has 23 heavy (non-hydrogen) atoms. The van der Waals surface area contributed by atoms with Gasteiger partial charge >= 0.3 is 6.03 Å². The number of rotatable bonds is 2. The van der Waals surface area contributed by atoms with Gasteiger partial charge in [0.2, 0.25) is 0 Å². The summed E-state index contributed by atoms with van der Waals surface area (Å²) >= 11 is 1.54. The molecule has 1 unspecified atom stereocenters. The Morgan fingerprint density at radius 3 is 2.87 bits per heavy atom. The molecule has 2 aliphatic heterocycles. The van der Waals surface area contributed by atoms with Crippen LogP contribution in [0.4, 0.5) is 9.93 Å². The summed E-state index contributed by atoms with van der Waals surface area (Å²) in [5.41, 5.74) is 0.808. The molecule has 2 fully saturated rings. The summed E-state index contributed by atoms with van der Waals surface area (Å²) in [7, 11) is 0. The van der Waals surface area contributed by atoms with Crippen LogP contribution in [0.1, 0.15) is 37.3 Å². The van der Waals surface area contributed by atoms with E-state index in [0.29, 0.717) is 31.4 Å². The first-order chi connectivity index (χ1) is 11.0. The number of aryl methyl sites for hydroxylation is 2. The lowest BCUT2D eigenvalue weighted by atomic mass is 9.91. The third kappa shape index (κ3) is 3.67. The first kappa shape index (κ1) is 16.7. The maximum Gasteiger partial charge on any atom is 0.323 e. The fraction of sp³-hybridized carbons (Fsp3) is 0.750. The average Bonchev–Trinajstić information content (AvgIpc) is 2.86. The highest BCUT2D eigenvalue weighted by Crippen LogP contribution is 2.32. The number of nitrogens with zero attached hydrogens (tertiary/aromatic N) is 2. The van der Waals surface area contributed by atoms with Crippen molar-refractivity contribution in [1.82, 2.24) is 9.88 Å². The van der Waals surface area contributed by atoms with Gasteiger partial charge in [0, 0.05) is 37.5 Å². The second-order valence-corrected chi connectivity index (χ2v) is 7.61. The Hall–Kier alpha value is -1.18. The van der Waals surface area contributed by atoms with Crippen LogP contribution in [0.2, 0.25) is 0 Å². The number of aromatic nitrogens is 1. The van der Waals surface area contributed by atoms with Gasteiger partial charge in [-0.3, -0.25) is 5.32 Å². The van der Waals surface area contributed by atoms with Crippen LogP contribution >= 0.6 is 11.3 Å². The summed E-state index contributed by atoms with van der Waals surface area (Å²) < 4.78 is 11.6. The molecule has 0 radical (unpaired) electrons. The zero-order valence-corrected chi connectivity index (χ0v) is 14.9. The molecule has 7 heteroatoms. The molecule has 0 aliphatic carbocycles. The van der Waals surface area contributed by atoms with E-state index in [1.807, 2.05) is 18.7 Å². The highest BCUT2D eigenvalue weighted by molar-refractivity contribution is 7.15. The Bertz CT molecular complexity index is 569. The van der Waals surface area contributed by atoms with E-state index in [-0.39, 0.29) is 17.7 Å². The predicted molar refractivity (Wildman–Crippen MR) is 90.2 cm³/mol. The van der Waals surface area contributed by atoms with Crippen molar-refractivity contribution in [2.45, 2.75) is 51.7 Å². The van der Waals surface area contributed by atoms with Crippen LogP contribution in [0, 0.1) is 6.92 Å². The molecule has 0 aromatic carbocycles. The minimum atomic E-state index is -0.249. The van der Waals surface area contributed by atoms with E-state index < -0.39 is 0 Å². The van der Waals surface area contributed by atoms with E-state index >= 15 is 0 Å². The number of ether oxygens (including phenoxy) is 2. The molecule has 3 heterocycles. The van der Waals surface area contributed by atoms with Crippen molar-refractivity contribution >= 4 is 22.5 Å². The molecular formula is C16H25N3O3S. The second kappa shape index (κ2) is 6.75. The van der Waals surface area contributed by atoms with Crippen molar-refractivity contribution in [3.8, 4) is 0 Å². The van der Waals surface area contributed by atoms with Gasteiger partial charge in [-0.2, -0.15) is 0 Å². The Morgan fingerprint density at radius 2 is 2.22 bits per heavy atom. The van der Waals surface area contributed by atoms with E-state index in [1.165, 1.54) is 16.2 Å². The number of hydrogen-bond donors (Lipinski definition) is 1. The van der Waals surface area contributed by atoms with Crippen LogP contribution in [0.15, 0.2) is 0 Å². The largest absolute Gasteiger partial charge is 0.381 e. The van der Waals surface area contributed by atoms with Gasteiger partial charge < -0.3 is 14.4 Å². The van der Waals surface area contributed by atoms with Gasteiger partial charge in [0.25, 0.3) is 0 Å². The molecular weight excluding hydrogens is 314 g/mol. The van der Waals surface area contributed by atoms with Crippen molar-refractivity contribution < 1.29 is 14.3 Å². The summed E-state index contributed by atoms with van der Waals surface area (Å²) in [5, 5.41) is 3.64. The van der Waals surface area contributed by atoms with Gasteiger partial charge in [-0.05, 0) is 20.3 Å². The van der Waals surface area contributed by atoms with Crippen LogP contribution in [0.5, 0.6) is 0 Å². The minimum absolute atomic E-state index is 0.0387. The standard InChI is InChI=1S/C16H25N3O3S/c1-4-13-12(3)23-14(17-13)18-15(20)19-9-11(2)22-16(10-19)5-7-21-8-6-16/h11H,4-10H2,1-3H3,(H,17,18,20). The third-order valence-electron chi connectivity index (χ3n) is 4.54. The molecule has 0 saturated carbocycles. The number of nitrogens with one attached hydrogen (secondary N) is 1. The molecule has 2 amide bonds. The minimum Gasteiger partial charge on any atom is -0.381 e. The Balaban J connectivity index is 1.68. The Labute approximate surface area is 141 Å². The predicted octanol–water partition coefficient (Wildman–Crippen LogP) is 2.82. The van der Waals surface area contributed by atoms with Crippen molar-refractivity contribution in [3.63, 3.8) is 0 Å². The van der Waals surface area contributed by atoms with Crippen molar-refractivity contribution in [2.24, 2.45) is 0 Å². The molecule has 1 spiro atoms. The highest BCUT2D eigenvalue weighted by Gasteiger charge is 2.42. The zero-order chi connectivity index (χ0) is 16.4. The number of hydrogen-bond acceptors (Lipinski definition) is 5. The lowest BCUT2D eigenvalue weighted by Gasteiger charge is -2.47. The number of anilines is 1. The summed E-state index contributed by atoms with van der Waals surface area (Å²) in [6.45, 7) is 8.78. The summed E-state index contributed by atoms with van der Waals surface area (Å²) in [5.74, 6) is 0. The molecule has 1 aromatic heterocycles. The number of thiazole rings is 1. The maximum absolute atomic E-state index is 12.6. The highest BCUT2D eigenvalue weighted by atomic mass is 32.1. The lowest BCUT2D eigenvalue weighted by Crippen LogP contribution is -2.59. The molecule has 1 aromatic rings. The smallest absolute Gasteiger partial charge is 0.323 e. The van der Waals surface area contributed by atoms with Gasteiger partial charge in [-0.15, -0.1) is 11.3 Å². The monoisotopic (exact) mass is 339 g/mol. The zero-order valence-electron chi connectivity index (χ0n) is 14.1. The Kier molecular flexibility index (Phi) is 4.89. The number of morpholine rings is 1. The van der Waals surface area contributed by atoms with Crippen molar-refractivity contribution in [1.29, 1.82) is 0 Å². The Morgan fingerprint density at radius 1 is 1.48 bits per heavy atom. The summed E-state index contributed by atoms with van der Waals surface area (Å²) in [6, 6.07) is -0.0811. The average molecular weight is 339 g/mol. The third-order valence-corrected chi connectivity index (χ3v) is 5.47. The molecule has 1 N–H and O–H groups in total. The molecule has 1 atom stereocenters. The quantitative estimate of drug-likeness (QED) is 0.900. The van der Waals surface area contributed by atoms with Crippen molar-refractivity contribution in [3.05, 3.63) is 10.6 Å². The van der Waals surface area contributed by atoms with Gasteiger partial charge in [-0.25, -0.2) is 9.78 Å². The number of carbonyl (C=O) groups excluding carboxylic acids is 1. The lowest BCUT2D eigenvalue weighted by molar-refractivity contribution is -0.174. The summed E-state index contributed by atoms with van der Waals surface area (Å²) in [4.78, 5) is 20.2. The maximum atomic E-state index is 12.6. The molecule has 128 valence electrons. The van der Waals surface area contributed by atoms with Crippen LogP contribution < -0.4 is 5.32 Å². The van der Waals surface area contributed by atoms with Crippen molar-refractivity contribution in [2.75, 3.05) is 31.6 Å².